The number of furan rings is 1. The Morgan fingerprint density at radius 3 is 2.69 bits per heavy atom. The van der Waals surface area contributed by atoms with Crippen LogP contribution >= 0.6 is 23.2 Å². The molecular formula is C20H14Cl2N2O2. The Hall–Kier alpha value is -2.43. The third-order valence-electron chi connectivity index (χ3n) is 4.73. The molecule has 2 aliphatic heterocycles. The molecule has 1 aromatic heterocycles. The zero-order valence-electron chi connectivity index (χ0n) is 13.6. The number of rotatable bonds is 2. The Morgan fingerprint density at radius 2 is 1.88 bits per heavy atom. The van der Waals surface area contributed by atoms with Crippen LogP contribution in [0.15, 0.2) is 70.4 Å². The van der Waals surface area contributed by atoms with Crippen LogP contribution in [0.1, 0.15) is 35.6 Å². The van der Waals surface area contributed by atoms with Gasteiger partial charge >= 0.3 is 0 Å². The van der Waals surface area contributed by atoms with Crippen molar-refractivity contribution in [1.82, 2.24) is 5.01 Å². The van der Waals surface area contributed by atoms with Crippen LogP contribution < -0.4 is 4.74 Å². The maximum absolute atomic E-state index is 6.46. The summed E-state index contributed by atoms with van der Waals surface area (Å²) < 4.78 is 11.8. The molecule has 0 radical (unpaired) electrons. The fraction of sp³-hybridized carbons (Fsp3) is 0.150. The van der Waals surface area contributed by atoms with Gasteiger partial charge in [-0.2, -0.15) is 5.10 Å². The lowest BCUT2D eigenvalue weighted by atomic mass is 9.97. The highest BCUT2D eigenvalue weighted by atomic mass is 35.5. The summed E-state index contributed by atoms with van der Waals surface area (Å²) in [6, 6.07) is 17.3. The number of benzene rings is 2. The summed E-state index contributed by atoms with van der Waals surface area (Å²) >= 11 is 12.5. The van der Waals surface area contributed by atoms with Gasteiger partial charge in [0, 0.05) is 22.6 Å². The van der Waals surface area contributed by atoms with Gasteiger partial charge in [-0.3, -0.25) is 0 Å². The van der Waals surface area contributed by atoms with Gasteiger partial charge in [-0.05, 0) is 30.3 Å². The number of hydrogen-bond acceptors (Lipinski definition) is 4. The lowest BCUT2D eigenvalue weighted by Crippen LogP contribution is -2.33. The van der Waals surface area contributed by atoms with Crippen molar-refractivity contribution >= 4 is 28.9 Å². The van der Waals surface area contributed by atoms with E-state index in [4.69, 9.17) is 37.5 Å². The Kier molecular flexibility index (Phi) is 3.69. The Labute approximate surface area is 160 Å². The minimum atomic E-state index is -0.424. The van der Waals surface area contributed by atoms with Crippen LogP contribution in [0.25, 0.3) is 0 Å². The molecule has 2 aromatic carbocycles. The molecule has 0 amide bonds. The predicted molar refractivity (Wildman–Crippen MR) is 101 cm³/mol. The molecule has 2 aliphatic rings. The summed E-state index contributed by atoms with van der Waals surface area (Å²) in [6.07, 6.45) is 1.98. The van der Waals surface area contributed by atoms with Gasteiger partial charge < -0.3 is 9.15 Å². The van der Waals surface area contributed by atoms with E-state index in [-0.39, 0.29) is 6.04 Å². The third-order valence-corrected chi connectivity index (χ3v) is 5.30. The van der Waals surface area contributed by atoms with Crippen LogP contribution in [0.4, 0.5) is 0 Å². The van der Waals surface area contributed by atoms with E-state index in [9.17, 15) is 0 Å². The molecule has 0 saturated heterocycles. The zero-order valence-corrected chi connectivity index (χ0v) is 15.1. The number of nitrogens with zero attached hydrogens (tertiary/aromatic N) is 2. The first-order valence-electron chi connectivity index (χ1n) is 8.31. The van der Waals surface area contributed by atoms with Crippen molar-refractivity contribution in [2.45, 2.75) is 18.7 Å². The van der Waals surface area contributed by atoms with Crippen LogP contribution in [0.3, 0.4) is 0 Å². The molecule has 0 spiro atoms. The smallest absolute Gasteiger partial charge is 0.215 e. The molecule has 3 heterocycles. The molecule has 0 N–H and O–H groups in total. The normalized spacial score (nSPS) is 21.0. The molecule has 0 bridgehead atoms. The second kappa shape index (κ2) is 6.08. The van der Waals surface area contributed by atoms with Crippen LogP contribution in [0, 0.1) is 0 Å². The molecule has 0 unspecified atom stereocenters. The van der Waals surface area contributed by atoms with Crippen LogP contribution in [-0.4, -0.2) is 10.7 Å². The van der Waals surface area contributed by atoms with E-state index in [1.165, 1.54) is 0 Å². The first-order valence-corrected chi connectivity index (χ1v) is 9.06. The van der Waals surface area contributed by atoms with Gasteiger partial charge in [0.2, 0.25) is 6.23 Å². The van der Waals surface area contributed by atoms with Gasteiger partial charge in [-0.25, -0.2) is 5.01 Å². The lowest BCUT2D eigenvalue weighted by Gasteiger charge is -2.38. The highest BCUT2D eigenvalue weighted by molar-refractivity contribution is 6.35. The second-order valence-corrected chi connectivity index (χ2v) is 7.14. The molecule has 26 heavy (non-hydrogen) atoms. The molecule has 2 atom stereocenters. The maximum Gasteiger partial charge on any atom is 0.215 e. The Morgan fingerprint density at radius 1 is 1.00 bits per heavy atom. The summed E-state index contributed by atoms with van der Waals surface area (Å²) in [5, 5.41) is 7.93. The van der Waals surface area contributed by atoms with Gasteiger partial charge in [-0.15, -0.1) is 0 Å². The molecule has 0 aliphatic carbocycles. The average molecular weight is 385 g/mol. The van der Waals surface area contributed by atoms with E-state index in [1.54, 1.807) is 12.3 Å². The van der Waals surface area contributed by atoms with Gasteiger partial charge in [-0.1, -0.05) is 47.5 Å². The quantitative estimate of drug-likeness (QED) is 0.557. The second-order valence-electron chi connectivity index (χ2n) is 6.30. The van der Waals surface area contributed by atoms with Crippen molar-refractivity contribution in [3.8, 4) is 5.75 Å². The number of fused-ring (bicyclic) bond motifs is 3. The van der Waals surface area contributed by atoms with E-state index in [2.05, 4.69) is 6.07 Å². The van der Waals surface area contributed by atoms with Crippen LogP contribution in [0.5, 0.6) is 5.75 Å². The van der Waals surface area contributed by atoms with E-state index in [0.29, 0.717) is 10.0 Å². The van der Waals surface area contributed by atoms with Crippen molar-refractivity contribution in [3.63, 3.8) is 0 Å². The summed E-state index contributed by atoms with van der Waals surface area (Å²) in [7, 11) is 0. The third kappa shape index (κ3) is 2.49. The molecule has 0 saturated carbocycles. The molecule has 4 nitrogen and oxygen atoms in total. The standard InChI is InChI=1S/C20H14Cl2N2O2/c21-12-7-8-13(15(22)10-12)20-24-17(14-4-1-2-5-18(14)26-20)11-16(23-24)19-6-3-9-25-19/h1-10,17,20H,11H2/t17-,20-/m1/s1. The van der Waals surface area contributed by atoms with E-state index < -0.39 is 6.23 Å². The number of hydrogen-bond donors (Lipinski definition) is 0. The van der Waals surface area contributed by atoms with Gasteiger partial charge in [0.25, 0.3) is 0 Å². The Bertz CT molecular complexity index is 1000. The average Bonchev–Trinajstić information content (AvgIpc) is 3.31. The minimum Gasteiger partial charge on any atom is -0.464 e. The molecule has 130 valence electrons. The highest BCUT2D eigenvalue weighted by Crippen LogP contribution is 2.48. The molecule has 5 rings (SSSR count). The summed E-state index contributed by atoms with van der Waals surface area (Å²) in [4.78, 5) is 0. The lowest BCUT2D eigenvalue weighted by molar-refractivity contribution is -0.0189. The van der Waals surface area contributed by atoms with Crippen LogP contribution in [-0.2, 0) is 0 Å². The van der Waals surface area contributed by atoms with Crippen molar-refractivity contribution in [2.75, 3.05) is 0 Å². The van der Waals surface area contributed by atoms with Crippen molar-refractivity contribution in [1.29, 1.82) is 0 Å². The number of halogens is 2. The molecule has 6 heteroatoms. The largest absolute Gasteiger partial charge is 0.464 e. The fourth-order valence-electron chi connectivity index (χ4n) is 3.53. The van der Waals surface area contributed by atoms with E-state index >= 15 is 0 Å². The number of ether oxygens (including phenoxy) is 1. The minimum absolute atomic E-state index is 0.0665. The van der Waals surface area contributed by atoms with Gasteiger partial charge in [0.05, 0.1) is 17.3 Å². The fourth-order valence-corrected chi connectivity index (χ4v) is 4.03. The summed E-state index contributed by atoms with van der Waals surface area (Å²) in [5.41, 5.74) is 2.84. The maximum atomic E-state index is 6.46. The number of para-hydroxylation sites is 1. The predicted octanol–water partition coefficient (Wildman–Crippen LogP) is 5.83. The SMILES string of the molecule is Clc1ccc([C@H]2Oc3ccccc3[C@H]3CC(c4ccco4)=NN32)c(Cl)c1. The van der Waals surface area contributed by atoms with Crippen molar-refractivity contribution in [2.24, 2.45) is 5.10 Å². The van der Waals surface area contributed by atoms with Gasteiger partial charge in [0.1, 0.15) is 17.2 Å². The van der Waals surface area contributed by atoms with Crippen molar-refractivity contribution in [3.05, 3.63) is 87.8 Å². The van der Waals surface area contributed by atoms with E-state index in [1.807, 2.05) is 47.5 Å². The first-order chi connectivity index (χ1) is 12.7. The van der Waals surface area contributed by atoms with E-state index in [0.717, 1.165) is 34.8 Å². The highest BCUT2D eigenvalue weighted by Gasteiger charge is 2.42. The molecule has 0 fully saturated rings. The monoisotopic (exact) mass is 384 g/mol. The number of hydrazone groups is 1. The topological polar surface area (TPSA) is 38.0 Å². The Balaban J connectivity index is 1.63. The van der Waals surface area contributed by atoms with Gasteiger partial charge in [0.15, 0.2) is 0 Å². The molecular weight excluding hydrogens is 371 g/mol. The summed E-state index contributed by atoms with van der Waals surface area (Å²) in [5.74, 6) is 1.62. The zero-order chi connectivity index (χ0) is 17.7. The molecule has 3 aromatic rings. The first kappa shape index (κ1) is 15.8. The van der Waals surface area contributed by atoms with Crippen LogP contribution in [0.2, 0.25) is 10.0 Å². The summed E-state index contributed by atoms with van der Waals surface area (Å²) in [6.45, 7) is 0. The van der Waals surface area contributed by atoms with Crippen molar-refractivity contribution < 1.29 is 9.15 Å².